The van der Waals surface area contributed by atoms with E-state index in [1.165, 1.54) is 25.0 Å². The molecule has 26 heavy (non-hydrogen) atoms. The highest BCUT2D eigenvalue weighted by molar-refractivity contribution is 5.98. The van der Waals surface area contributed by atoms with Crippen molar-refractivity contribution >= 4 is 22.8 Å². The largest absolute Gasteiger partial charge is 0.383 e. The van der Waals surface area contributed by atoms with Gasteiger partial charge in [-0.1, -0.05) is 12.1 Å². The van der Waals surface area contributed by atoms with Crippen molar-refractivity contribution in [3.8, 4) is 11.3 Å². The number of nitrogens with zero attached hydrogens (tertiary/aromatic N) is 5. The SMILES string of the molecule is Cn1nc2nc(NCCN3CCCC3)nc(-c3cccc(F)c3)c2c1N. The molecule has 1 aromatic carbocycles. The summed E-state index contributed by atoms with van der Waals surface area (Å²) >= 11 is 0. The van der Waals surface area contributed by atoms with Crippen molar-refractivity contribution in [2.45, 2.75) is 12.8 Å². The monoisotopic (exact) mass is 355 g/mol. The topological polar surface area (TPSA) is 84.9 Å². The van der Waals surface area contributed by atoms with Gasteiger partial charge in [0.2, 0.25) is 5.95 Å². The molecule has 3 heterocycles. The number of hydrogen-bond donors (Lipinski definition) is 2. The van der Waals surface area contributed by atoms with Crippen LogP contribution in [-0.4, -0.2) is 50.8 Å². The fraction of sp³-hybridized carbons (Fsp3) is 0.389. The van der Waals surface area contributed by atoms with Crippen LogP contribution >= 0.6 is 0 Å². The van der Waals surface area contributed by atoms with Gasteiger partial charge in [-0.05, 0) is 38.1 Å². The van der Waals surface area contributed by atoms with E-state index in [2.05, 4.69) is 25.3 Å². The van der Waals surface area contributed by atoms with Crippen molar-refractivity contribution < 1.29 is 4.39 Å². The number of nitrogen functional groups attached to an aromatic ring is 1. The summed E-state index contributed by atoms with van der Waals surface area (Å²) in [6.45, 7) is 3.98. The Bertz CT molecular complexity index is 931. The molecule has 8 heteroatoms. The Hall–Kier alpha value is -2.74. The zero-order valence-corrected chi connectivity index (χ0v) is 14.7. The Kier molecular flexibility index (Phi) is 4.42. The average molecular weight is 355 g/mol. The van der Waals surface area contributed by atoms with Crippen molar-refractivity contribution in [3.05, 3.63) is 30.1 Å². The van der Waals surface area contributed by atoms with Crippen LogP contribution in [0.1, 0.15) is 12.8 Å². The lowest BCUT2D eigenvalue weighted by molar-refractivity contribution is 0.352. The van der Waals surface area contributed by atoms with Crippen LogP contribution in [0.25, 0.3) is 22.3 Å². The van der Waals surface area contributed by atoms with E-state index in [0.29, 0.717) is 34.1 Å². The summed E-state index contributed by atoms with van der Waals surface area (Å²) in [6, 6.07) is 6.32. The molecular weight excluding hydrogens is 333 g/mol. The van der Waals surface area contributed by atoms with Gasteiger partial charge in [-0.3, -0.25) is 4.68 Å². The first-order valence-corrected chi connectivity index (χ1v) is 8.84. The lowest BCUT2D eigenvalue weighted by atomic mass is 10.1. The van der Waals surface area contributed by atoms with Crippen LogP contribution in [0.5, 0.6) is 0 Å². The molecular formula is C18H22FN7. The molecule has 1 aliphatic heterocycles. The Labute approximate surface area is 151 Å². The zero-order chi connectivity index (χ0) is 18.1. The average Bonchev–Trinajstić information content (AvgIpc) is 3.23. The lowest BCUT2D eigenvalue weighted by Gasteiger charge is -2.15. The second-order valence-electron chi connectivity index (χ2n) is 6.59. The number of nitrogens with one attached hydrogen (secondary N) is 1. The van der Waals surface area contributed by atoms with Crippen LogP contribution in [0.2, 0.25) is 0 Å². The first kappa shape index (κ1) is 16.7. The smallest absolute Gasteiger partial charge is 0.225 e. The summed E-state index contributed by atoms with van der Waals surface area (Å²) in [5.74, 6) is 0.622. The summed E-state index contributed by atoms with van der Waals surface area (Å²) in [7, 11) is 1.76. The number of nitrogens with two attached hydrogens (primary N) is 1. The van der Waals surface area contributed by atoms with Crippen LogP contribution < -0.4 is 11.1 Å². The summed E-state index contributed by atoms with van der Waals surface area (Å²) in [5.41, 5.74) is 7.89. The van der Waals surface area contributed by atoms with E-state index in [4.69, 9.17) is 5.73 Å². The first-order chi connectivity index (χ1) is 12.6. The predicted molar refractivity (Wildman–Crippen MR) is 100 cm³/mol. The third-order valence-electron chi connectivity index (χ3n) is 4.75. The number of likely N-dealkylation sites (tertiary alicyclic amines) is 1. The molecule has 0 spiro atoms. The standard InChI is InChI=1S/C18H22FN7/c1-25-16(20)14-15(12-5-4-6-13(19)11-12)22-18(23-17(14)24-25)21-7-10-26-8-2-3-9-26/h4-6,11H,2-3,7-10,20H2,1H3,(H,21,23,24). The highest BCUT2D eigenvalue weighted by atomic mass is 19.1. The van der Waals surface area contributed by atoms with Crippen LogP contribution in [0.15, 0.2) is 24.3 Å². The normalized spacial score (nSPS) is 15.0. The number of halogens is 1. The summed E-state index contributed by atoms with van der Waals surface area (Å²) in [5, 5.41) is 8.28. The molecule has 2 aromatic heterocycles. The molecule has 0 radical (unpaired) electrons. The number of fused-ring (bicyclic) bond motifs is 1. The molecule has 0 unspecified atom stereocenters. The molecule has 3 N–H and O–H groups in total. The predicted octanol–water partition coefficient (Wildman–Crippen LogP) is 2.26. The third-order valence-corrected chi connectivity index (χ3v) is 4.75. The summed E-state index contributed by atoms with van der Waals surface area (Å²) in [4.78, 5) is 11.5. The number of benzene rings is 1. The van der Waals surface area contributed by atoms with Gasteiger partial charge in [-0.15, -0.1) is 0 Å². The van der Waals surface area contributed by atoms with Gasteiger partial charge < -0.3 is 16.0 Å². The molecule has 7 nitrogen and oxygen atoms in total. The number of hydrogen-bond acceptors (Lipinski definition) is 6. The maximum Gasteiger partial charge on any atom is 0.225 e. The molecule has 0 bridgehead atoms. The molecule has 0 amide bonds. The van der Waals surface area contributed by atoms with Gasteiger partial charge in [0, 0.05) is 25.7 Å². The Morgan fingerprint density at radius 1 is 1.23 bits per heavy atom. The third kappa shape index (κ3) is 3.20. The minimum absolute atomic E-state index is 0.319. The van der Waals surface area contributed by atoms with Crippen molar-refractivity contribution in [1.82, 2.24) is 24.6 Å². The van der Waals surface area contributed by atoms with E-state index in [1.807, 2.05) is 6.07 Å². The van der Waals surface area contributed by atoms with E-state index < -0.39 is 0 Å². The van der Waals surface area contributed by atoms with Crippen LogP contribution in [-0.2, 0) is 7.05 Å². The van der Waals surface area contributed by atoms with Gasteiger partial charge in [0.05, 0.1) is 11.1 Å². The van der Waals surface area contributed by atoms with E-state index >= 15 is 0 Å². The van der Waals surface area contributed by atoms with Gasteiger partial charge in [0.15, 0.2) is 5.65 Å². The zero-order valence-electron chi connectivity index (χ0n) is 14.7. The van der Waals surface area contributed by atoms with Gasteiger partial charge in [-0.25, -0.2) is 9.37 Å². The molecule has 0 aliphatic carbocycles. The Balaban J connectivity index is 1.68. The minimum Gasteiger partial charge on any atom is -0.383 e. The van der Waals surface area contributed by atoms with Gasteiger partial charge in [-0.2, -0.15) is 10.1 Å². The fourth-order valence-corrected chi connectivity index (χ4v) is 3.37. The van der Waals surface area contributed by atoms with Gasteiger partial charge in [0.1, 0.15) is 11.6 Å². The van der Waals surface area contributed by atoms with Crippen molar-refractivity contribution in [1.29, 1.82) is 0 Å². The number of aromatic nitrogens is 4. The molecule has 1 saturated heterocycles. The number of rotatable bonds is 5. The highest BCUT2D eigenvalue weighted by Gasteiger charge is 2.18. The van der Waals surface area contributed by atoms with Crippen LogP contribution in [0.3, 0.4) is 0 Å². The van der Waals surface area contributed by atoms with Gasteiger partial charge >= 0.3 is 0 Å². The molecule has 136 valence electrons. The van der Waals surface area contributed by atoms with E-state index in [9.17, 15) is 4.39 Å². The van der Waals surface area contributed by atoms with Crippen molar-refractivity contribution in [2.75, 3.05) is 37.2 Å². The minimum atomic E-state index is -0.319. The molecule has 3 aromatic rings. The quantitative estimate of drug-likeness (QED) is 0.730. The maximum atomic E-state index is 13.7. The number of anilines is 2. The lowest BCUT2D eigenvalue weighted by Crippen LogP contribution is -2.26. The van der Waals surface area contributed by atoms with Crippen LogP contribution in [0.4, 0.5) is 16.2 Å². The van der Waals surface area contributed by atoms with Crippen molar-refractivity contribution in [3.63, 3.8) is 0 Å². The fourth-order valence-electron chi connectivity index (χ4n) is 3.37. The molecule has 1 fully saturated rings. The molecule has 0 saturated carbocycles. The Morgan fingerprint density at radius 2 is 2.04 bits per heavy atom. The van der Waals surface area contributed by atoms with E-state index in [-0.39, 0.29) is 5.82 Å². The summed E-state index contributed by atoms with van der Waals surface area (Å²) < 4.78 is 15.3. The number of aryl methyl sites for hydroxylation is 1. The van der Waals surface area contributed by atoms with E-state index in [1.54, 1.807) is 17.8 Å². The van der Waals surface area contributed by atoms with Crippen molar-refractivity contribution in [2.24, 2.45) is 7.05 Å². The second-order valence-corrected chi connectivity index (χ2v) is 6.59. The van der Waals surface area contributed by atoms with E-state index in [0.717, 1.165) is 26.2 Å². The second kappa shape index (κ2) is 6.87. The highest BCUT2D eigenvalue weighted by Crippen LogP contribution is 2.31. The first-order valence-electron chi connectivity index (χ1n) is 8.84. The molecule has 1 aliphatic rings. The van der Waals surface area contributed by atoms with Gasteiger partial charge in [0.25, 0.3) is 0 Å². The summed E-state index contributed by atoms with van der Waals surface area (Å²) in [6.07, 6.45) is 2.53. The maximum absolute atomic E-state index is 13.7. The molecule has 4 rings (SSSR count). The Morgan fingerprint density at radius 3 is 2.81 bits per heavy atom. The van der Waals surface area contributed by atoms with Crippen LogP contribution in [0, 0.1) is 5.82 Å². The molecule has 0 atom stereocenters.